The van der Waals surface area contributed by atoms with E-state index in [0.717, 1.165) is 11.1 Å². The van der Waals surface area contributed by atoms with E-state index in [-0.39, 0.29) is 13.0 Å². The van der Waals surface area contributed by atoms with Gasteiger partial charge in [0.05, 0.1) is 16.6 Å². The molecule has 1 atom stereocenters. The molecule has 1 unspecified atom stereocenters. The Morgan fingerprint density at radius 2 is 2.05 bits per heavy atom. The highest BCUT2D eigenvalue weighted by atomic mass is 35.5. The maximum atomic E-state index is 12.9. The molecule has 0 saturated carbocycles. The molecule has 1 N–H and O–H groups in total. The number of benzene rings is 1. The van der Waals surface area contributed by atoms with E-state index in [0.29, 0.717) is 28.8 Å². The van der Waals surface area contributed by atoms with E-state index in [1.807, 2.05) is 19.9 Å². The van der Waals surface area contributed by atoms with Gasteiger partial charge in [0.15, 0.2) is 5.11 Å². The van der Waals surface area contributed by atoms with Crippen molar-refractivity contribution in [3.63, 3.8) is 0 Å². The summed E-state index contributed by atoms with van der Waals surface area (Å²) in [5.41, 5.74) is 2.59. The molecule has 1 aliphatic heterocycles. The predicted octanol–water partition coefficient (Wildman–Crippen LogP) is 4.93. The van der Waals surface area contributed by atoms with Gasteiger partial charge in [0, 0.05) is 13.1 Å². The Kier molecular flexibility index (Phi) is 5.22. The van der Waals surface area contributed by atoms with Gasteiger partial charge in [0.2, 0.25) is 0 Å². The highest BCUT2D eigenvalue weighted by Gasteiger charge is 2.42. The third kappa shape index (κ3) is 4.04. The lowest BCUT2D eigenvalue weighted by molar-refractivity contribution is -0.183. The fraction of sp³-hybridized carbons (Fsp3) is 0.533. The molecular formula is C15H18ClF3N2S. The van der Waals surface area contributed by atoms with Crippen molar-refractivity contribution < 1.29 is 13.2 Å². The first-order valence-corrected chi connectivity index (χ1v) is 7.86. The number of piperidine rings is 1. The first-order valence-electron chi connectivity index (χ1n) is 7.08. The van der Waals surface area contributed by atoms with E-state index in [1.165, 1.54) is 0 Å². The molecule has 1 aromatic carbocycles. The summed E-state index contributed by atoms with van der Waals surface area (Å²) in [5.74, 6) is -1.32. The van der Waals surface area contributed by atoms with Gasteiger partial charge in [0.1, 0.15) is 0 Å². The van der Waals surface area contributed by atoms with Gasteiger partial charge in [-0.2, -0.15) is 13.2 Å². The Balaban J connectivity index is 2.10. The zero-order valence-electron chi connectivity index (χ0n) is 12.4. The van der Waals surface area contributed by atoms with E-state index in [9.17, 15) is 13.2 Å². The molecule has 22 heavy (non-hydrogen) atoms. The minimum Gasteiger partial charge on any atom is -0.348 e. The SMILES string of the molecule is Cc1cc(C)c(NC(=S)N2CCCC(C(F)(F)F)C2)c(Cl)c1. The van der Waals surface area contributed by atoms with Crippen LogP contribution in [0.25, 0.3) is 0 Å². The van der Waals surface area contributed by atoms with Crippen molar-refractivity contribution in [1.29, 1.82) is 0 Å². The van der Waals surface area contributed by atoms with Gasteiger partial charge in [-0.05, 0) is 56.1 Å². The van der Waals surface area contributed by atoms with Gasteiger partial charge in [-0.1, -0.05) is 17.7 Å². The average Bonchev–Trinajstić information content (AvgIpc) is 2.41. The molecular weight excluding hydrogens is 333 g/mol. The number of nitrogens with zero attached hydrogens (tertiary/aromatic N) is 1. The van der Waals surface area contributed by atoms with Gasteiger partial charge in [-0.25, -0.2) is 0 Å². The maximum Gasteiger partial charge on any atom is 0.393 e. The second-order valence-corrected chi connectivity index (χ2v) is 6.49. The summed E-state index contributed by atoms with van der Waals surface area (Å²) in [7, 11) is 0. The number of rotatable bonds is 1. The lowest BCUT2D eigenvalue weighted by Crippen LogP contribution is -2.46. The third-order valence-electron chi connectivity index (χ3n) is 3.84. The minimum atomic E-state index is -4.17. The standard InChI is InChI=1S/C15H18ClF3N2S/c1-9-6-10(2)13(12(16)7-9)20-14(22)21-5-3-4-11(8-21)15(17,18)19/h6-7,11H,3-5,8H2,1-2H3,(H,20,22). The van der Waals surface area contributed by atoms with Crippen LogP contribution in [0.15, 0.2) is 12.1 Å². The van der Waals surface area contributed by atoms with Crippen LogP contribution in [0.2, 0.25) is 5.02 Å². The lowest BCUT2D eigenvalue weighted by Gasteiger charge is -2.35. The van der Waals surface area contributed by atoms with Crippen molar-refractivity contribution in [2.75, 3.05) is 18.4 Å². The molecule has 0 aliphatic carbocycles. The summed E-state index contributed by atoms with van der Waals surface area (Å²) in [6.07, 6.45) is -3.54. The number of alkyl halides is 3. The van der Waals surface area contributed by atoms with Gasteiger partial charge in [0.25, 0.3) is 0 Å². The summed E-state index contributed by atoms with van der Waals surface area (Å²) < 4.78 is 38.6. The number of aryl methyl sites for hydroxylation is 2. The number of hydrogen-bond donors (Lipinski definition) is 1. The van der Waals surface area contributed by atoms with Gasteiger partial charge in [-0.3, -0.25) is 0 Å². The van der Waals surface area contributed by atoms with Crippen LogP contribution in [0.5, 0.6) is 0 Å². The molecule has 0 spiro atoms. The summed E-state index contributed by atoms with van der Waals surface area (Å²) in [6, 6.07) is 3.75. The zero-order chi connectivity index (χ0) is 16.5. The molecule has 0 bridgehead atoms. The van der Waals surface area contributed by atoms with Crippen LogP contribution in [-0.4, -0.2) is 29.3 Å². The van der Waals surface area contributed by atoms with E-state index < -0.39 is 12.1 Å². The molecule has 7 heteroatoms. The second-order valence-electron chi connectivity index (χ2n) is 5.70. The molecule has 1 aliphatic rings. The van der Waals surface area contributed by atoms with Crippen LogP contribution in [0, 0.1) is 19.8 Å². The molecule has 0 aromatic heterocycles. The first-order chi connectivity index (χ1) is 10.2. The summed E-state index contributed by atoms with van der Waals surface area (Å²) in [6.45, 7) is 4.25. The summed E-state index contributed by atoms with van der Waals surface area (Å²) in [5, 5.41) is 3.82. The van der Waals surface area contributed by atoms with Crippen molar-refractivity contribution >= 4 is 34.6 Å². The van der Waals surface area contributed by atoms with E-state index in [2.05, 4.69) is 5.32 Å². The van der Waals surface area contributed by atoms with Crippen molar-refractivity contribution in [2.45, 2.75) is 32.9 Å². The van der Waals surface area contributed by atoms with Gasteiger partial charge < -0.3 is 10.2 Å². The minimum absolute atomic E-state index is 0.0993. The normalized spacial score (nSPS) is 19.2. The predicted molar refractivity (Wildman–Crippen MR) is 87.5 cm³/mol. The first kappa shape index (κ1) is 17.3. The topological polar surface area (TPSA) is 15.3 Å². The number of hydrogen-bond acceptors (Lipinski definition) is 1. The highest BCUT2D eigenvalue weighted by molar-refractivity contribution is 7.80. The monoisotopic (exact) mass is 350 g/mol. The van der Waals surface area contributed by atoms with Crippen LogP contribution in [-0.2, 0) is 0 Å². The Labute approximate surface area is 138 Å². The van der Waals surface area contributed by atoms with Crippen molar-refractivity contribution in [2.24, 2.45) is 5.92 Å². The lowest BCUT2D eigenvalue weighted by atomic mass is 9.98. The third-order valence-corrected chi connectivity index (χ3v) is 4.49. The quantitative estimate of drug-likeness (QED) is 0.723. The van der Waals surface area contributed by atoms with Crippen LogP contribution >= 0.6 is 23.8 Å². The van der Waals surface area contributed by atoms with Gasteiger partial charge in [-0.15, -0.1) is 0 Å². The average molecular weight is 351 g/mol. The molecule has 0 radical (unpaired) electrons. The molecule has 1 saturated heterocycles. The fourth-order valence-electron chi connectivity index (χ4n) is 2.69. The van der Waals surface area contributed by atoms with Gasteiger partial charge >= 0.3 is 6.18 Å². The summed E-state index contributed by atoms with van der Waals surface area (Å²) >= 11 is 11.5. The Morgan fingerprint density at radius 1 is 1.36 bits per heavy atom. The van der Waals surface area contributed by atoms with Crippen LogP contribution < -0.4 is 5.32 Å². The Hall–Kier alpha value is -1.01. The van der Waals surface area contributed by atoms with Crippen molar-refractivity contribution in [1.82, 2.24) is 4.90 Å². The van der Waals surface area contributed by atoms with Crippen LogP contribution in [0.1, 0.15) is 24.0 Å². The second kappa shape index (κ2) is 6.62. The van der Waals surface area contributed by atoms with E-state index in [4.69, 9.17) is 23.8 Å². The van der Waals surface area contributed by atoms with Crippen molar-refractivity contribution in [3.05, 3.63) is 28.3 Å². The Bertz CT molecular complexity index is 551. The fourth-order valence-corrected chi connectivity index (χ4v) is 3.33. The maximum absolute atomic E-state index is 12.9. The molecule has 0 amide bonds. The van der Waals surface area contributed by atoms with Crippen molar-refractivity contribution in [3.8, 4) is 0 Å². The number of likely N-dealkylation sites (tertiary alicyclic amines) is 1. The smallest absolute Gasteiger partial charge is 0.348 e. The van der Waals surface area contributed by atoms with Crippen LogP contribution in [0.4, 0.5) is 18.9 Å². The highest BCUT2D eigenvalue weighted by Crippen LogP contribution is 2.34. The zero-order valence-corrected chi connectivity index (χ0v) is 14.0. The molecule has 1 heterocycles. The molecule has 2 rings (SSSR count). The molecule has 1 fully saturated rings. The number of anilines is 1. The van der Waals surface area contributed by atoms with Crippen LogP contribution in [0.3, 0.4) is 0 Å². The molecule has 2 nitrogen and oxygen atoms in total. The number of nitrogens with one attached hydrogen (secondary N) is 1. The summed E-state index contributed by atoms with van der Waals surface area (Å²) in [4.78, 5) is 1.58. The number of halogens is 4. The molecule has 1 aromatic rings. The van der Waals surface area contributed by atoms with E-state index in [1.54, 1.807) is 11.0 Å². The molecule has 122 valence electrons. The van der Waals surface area contributed by atoms with E-state index >= 15 is 0 Å². The number of thiocarbonyl (C=S) groups is 1. The largest absolute Gasteiger partial charge is 0.393 e. The Morgan fingerprint density at radius 3 is 2.64 bits per heavy atom.